The van der Waals surface area contributed by atoms with Gasteiger partial charge in [0.25, 0.3) is 11.5 Å². The lowest BCUT2D eigenvalue weighted by Gasteiger charge is -2.22. The van der Waals surface area contributed by atoms with E-state index < -0.39 is 5.97 Å². The number of ether oxygens (including phenoxy) is 1. The minimum absolute atomic E-state index is 0.0457. The Kier molecular flexibility index (Phi) is 5.88. The molecule has 0 saturated heterocycles. The fourth-order valence-corrected chi connectivity index (χ4v) is 3.42. The first-order valence-corrected chi connectivity index (χ1v) is 9.45. The van der Waals surface area contributed by atoms with Crippen LogP contribution in [0.15, 0.2) is 29.1 Å². The molecule has 0 spiro atoms. The summed E-state index contributed by atoms with van der Waals surface area (Å²) in [5.41, 5.74) is -0.212. The summed E-state index contributed by atoms with van der Waals surface area (Å²) < 4.78 is 6.45. The second kappa shape index (κ2) is 8.33. The van der Waals surface area contributed by atoms with E-state index in [0.717, 1.165) is 25.7 Å². The Bertz CT molecular complexity index is 898. The number of fused-ring (bicyclic) bond motifs is 1. The molecule has 1 aliphatic rings. The number of nitrogens with zero attached hydrogens (tertiary/aromatic N) is 2. The van der Waals surface area contributed by atoms with Crippen molar-refractivity contribution in [3.63, 3.8) is 0 Å². The maximum absolute atomic E-state index is 12.6. The Morgan fingerprint density at radius 3 is 2.52 bits per heavy atom. The highest BCUT2D eigenvalue weighted by Gasteiger charge is 2.21. The molecule has 0 radical (unpaired) electrons. The average Bonchev–Trinajstić information content (AvgIpc) is 2.67. The second-order valence-corrected chi connectivity index (χ2v) is 7.22. The van der Waals surface area contributed by atoms with Crippen LogP contribution in [0.1, 0.15) is 62.5 Å². The van der Waals surface area contributed by atoms with E-state index in [-0.39, 0.29) is 35.9 Å². The summed E-state index contributed by atoms with van der Waals surface area (Å²) in [4.78, 5) is 37.2. The van der Waals surface area contributed by atoms with Crippen LogP contribution in [-0.2, 0) is 9.53 Å². The number of hydrogen-bond acceptors (Lipinski definition) is 5. The van der Waals surface area contributed by atoms with E-state index in [1.165, 1.54) is 11.1 Å². The number of aromatic nitrogens is 2. The zero-order valence-electron chi connectivity index (χ0n) is 15.7. The fraction of sp³-hybridized carbons (Fsp3) is 0.500. The molecule has 0 aliphatic heterocycles. The van der Waals surface area contributed by atoms with Crippen LogP contribution in [-0.4, -0.2) is 34.3 Å². The highest BCUT2D eigenvalue weighted by atomic mass is 16.5. The van der Waals surface area contributed by atoms with Gasteiger partial charge in [0.1, 0.15) is 0 Å². The predicted molar refractivity (Wildman–Crippen MR) is 102 cm³/mol. The van der Waals surface area contributed by atoms with Crippen molar-refractivity contribution in [1.82, 2.24) is 15.1 Å². The molecule has 0 unspecified atom stereocenters. The van der Waals surface area contributed by atoms with Gasteiger partial charge in [-0.2, -0.15) is 5.10 Å². The number of carbonyl (C=O) groups excluding carboxylic acids is 2. The van der Waals surface area contributed by atoms with Crippen LogP contribution in [0.4, 0.5) is 0 Å². The lowest BCUT2D eigenvalue weighted by atomic mass is 9.95. The molecule has 7 heteroatoms. The quantitative estimate of drug-likeness (QED) is 0.816. The van der Waals surface area contributed by atoms with Crippen LogP contribution in [0.3, 0.4) is 0 Å². The lowest BCUT2D eigenvalue weighted by molar-refractivity contribution is -0.125. The first-order valence-electron chi connectivity index (χ1n) is 9.45. The average molecular weight is 371 g/mol. The Morgan fingerprint density at radius 1 is 1.19 bits per heavy atom. The first kappa shape index (κ1) is 19.1. The maximum atomic E-state index is 12.6. The third-order valence-electron chi connectivity index (χ3n) is 4.82. The topological polar surface area (TPSA) is 90.3 Å². The Morgan fingerprint density at radius 2 is 1.85 bits per heavy atom. The lowest BCUT2D eigenvalue weighted by Crippen LogP contribution is -2.39. The van der Waals surface area contributed by atoms with Crippen LogP contribution >= 0.6 is 0 Å². The summed E-state index contributed by atoms with van der Waals surface area (Å²) in [7, 11) is 0. The predicted octanol–water partition coefficient (Wildman–Crippen LogP) is 2.58. The maximum Gasteiger partial charge on any atom is 0.359 e. The third-order valence-corrected chi connectivity index (χ3v) is 4.82. The number of esters is 1. The summed E-state index contributed by atoms with van der Waals surface area (Å²) in [6.07, 6.45) is 5.34. The van der Waals surface area contributed by atoms with Gasteiger partial charge in [0.2, 0.25) is 0 Å². The van der Waals surface area contributed by atoms with E-state index in [9.17, 15) is 14.4 Å². The van der Waals surface area contributed by atoms with Gasteiger partial charge in [-0.1, -0.05) is 37.5 Å². The molecule has 1 amide bonds. The summed E-state index contributed by atoms with van der Waals surface area (Å²) >= 11 is 0. The number of benzene rings is 1. The molecule has 1 N–H and O–H groups in total. The zero-order chi connectivity index (χ0) is 19.4. The van der Waals surface area contributed by atoms with E-state index in [0.29, 0.717) is 10.8 Å². The van der Waals surface area contributed by atoms with Gasteiger partial charge in [-0.3, -0.25) is 9.59 Å². The zero-order valence-corrected chi connectivity index (χ0v) is 15.7. The number of hydrogen-bond donors (Lipinski definition) is 1. The van der Waals surface area contributed by atoms with Crippen molar-refractivity contribution in [1.29, 1.82) is 0 Å². The summed E-state index contributed by atoms with van der Waals surface area (Å²) in [5, 5.41) is 7.93. The molecule has 27 heavy (non-hydrogen) atoms. The van der Waals surface area contributed by atoms with Crippen molar-refractivity contribution < 1.29 is 14.3 Å². The molecule has 0 atom stereocenters. The van der Waals surface area contributed by atoms with Gasteiger partial charge < -0.3 is 10.1 Å². The molecular formula is C20H25N3O4. The third kappa shape index (κ3) is 4.35. The normalized spacial score (nSPS) is 15.1. The van der Waals surface area contributed by atoms with Gasteiger partial charge in [-0.05, 0) is 32.8 Å². The van der Waals surface area contributed by atoms with Crippen LogP contribution in [0.5, 0.6) is 0 Å². The smallest absolute Gasteiger partial charge is 0.359 e. The van der Waals surface area contributed by atoms with Gasteiger partial charge >= 0.3 is 5.97 Å². The Hall–Kier alpha value is -2.70. The van der Waals surface area contributed by atoms with Crippen LogP contribution < -0.4 is 10.9 Å². The van der Waals surface area contributed by atoms with Crippen LogP contribution in [0.2, 0.25) is 0 Å². The number of carbonyl (C=O) groups is 2. The van der Waals surface area contributed by atoms with Crippen LogP contribution in [0.25, 0.3) is 10.8 Å². The van der Waals surface area contributed by atoms with Crippen molar-refractivity contribution in [2.45, 2.75) is 58.0 Å². The number of rotatable bonds is 5. The fourth-order valence-electron chi connectivity index (χ4n) is 3.42. The van der Waals surface area contributed by atoms with Crippen molar-refractivity contribution >= 4 is 22.6 Å². The molecule has 2 aromatic rings. The van der Waals surface area contributed by atoms with E-state index in [1.807, 2.05) is 13.8 Å². The SMILES string of the molecule is CC(C)n1nc(C(=O)OCC(=O)NC2CCCCC2)c2ccccc2c1=O. The molecule has 1 aromatic heterocycles. The minimum Gasteiger partial charge on any atom is -0.451 e. The van der Waals surface area contributed by atoms with Gasteiger partial charge in [0.15, 0.2) is 12.3 Å². The molecular weight excluding hydrogens is 346 g/mol. The van der Waals surface area contributed by atoms with Gasteiger partial charge in [0, 0.05) is 11.4 Å². The molecule has 144 valence electrons. The Balaban J connectivity index is 1.76. The molecule has 1 heterocycles. The molecule has 0 bridgehead atoms. The highest BCUT2D eigenvalue weighted by Crippen LogP contribution is 2.18. The van der Waals surface area contributed by atoms with Gasteiger partial charge in [-0.25, -0.2) is 9.48 Å². The molecule has 1 aliphatic carbocycles. The molecule has 1 aromatic carbocycles. The Labute approximate surface area is 157 Å². The minimum atomic E-state index is -0.709. The summed E-state index contributed by atoms with van der Waals surface area (Å²) in [6.45, 7) is 3.28. The largest absolute Gasteiger partial charge is 0.451 e. The number of nitrogens with one attached hydrogen (secondary N) is 1. The molecule has 1 fully saturated rings. The standard InChI is InChI=1S/C20H25N3O4/c1-13(2)23-19(25)16-11-7-6-10-15(16)18(22-23)20(26)27-12-17(24)21-14-8-4-3-5-9-14/h6-7,10-11,13-14H,3-5,8-9,12H2,1-2H3,(H,21,24). The van der Waals surface area contributed by atoms with Crippen molar-refractivity contribution in [3.05, 3.63) is 40.3 Å². The van der Waals surface area contributed by atoms with Crippen molar-refractivity contribution in [3.8, 4) is 0 Å². The first-order chi connectivity index (χ1) is 13.0. The van der Waals surface area contributed by atoms with Crippen molar-refractivity contribution in [2.75, 3.05) is 6.61 Å². The van der Waals surface area contributed by atoms with E-state index in [2.05, 4.69) is 10.4 Å². The van der Waals surface area contributed by atoms with E-state index in [4.69, 9.17) is 4.74 Å². The number of amides is 1. The van der Waals surface area contributed by atoms with Gasteiger partial charge in [0.05, 0.1) is 11.4 Å². The molecule has 1 saturated carbocycles. The second-order valence-electron chi connectivity index (χ2n) is 7.22. The van der Waals surface area contributed by atoms with Gasteiger partial charge in [-0.15, -0.1) is 0 Å². The summed E-state index contributed by atoms with van der Waals surface area (Å²) in [5.74, 6) is -1.02. The van der Waals surface area contributed by atoms with Crippen molar-refractivity contribution in [2.24, 2.45) is 0 Å². The van der Waals surface area contributed by atoms with E-state index >= 15 is 0 Å². The van der Waals surface area contributed by atoms with E-state index in [1.54, 1.807) is 24.3 Å². The molecule has 7 nitrogen and oxygen atoms in total. The summed E-state index contributed by atoms with van der Waals surface area (Å²) in [6, 6.07) is 6.74. The monoisotopic (exact) mass is 371 g/mol. The van der Waals surface area contributed by atoms with Crippen LogP contribution in [0, 0.1) is 0 Å². The molecule has 3 rings (SSSR count). The highest BCUT2D eigenvalue weighted by molar-refractivity contribution is 6.02.